The average Bonchev–Trinajstić information content (AvgIpc) is 3.14. The molecule has 4 nitrogen and oxygen atoms in total. The number of nitrogens with one attached hydrogen (secondary N) is 1. The Morgan fingerprint density at radius 3 is 2.64 bits per heavy atom. The Hall–Kier alpha value is -2.40. The summed E-state index contributed by atoms with van der Waals surface area (Å²) in [6.45, 7) is 3.65. The van der Waals surface area contributed by atoms with Gasteiger partial charge < -0.3 is 10.1 Å². The molecule has 2 rings (SSSR count). The van der Waals surface area contributed by atoms with Crippen LogP contribution in [0, 0.1) is 0 Å². The molecule has 0 fully saturated rings. The van der Waals surface area contributed by atoms with Crippen LogP contribution in [0.15, 0.2) is 53.2 Å². The van der Waals surface area contributed by atoms with E-state index in [4.69, 9.17) is 4.74 Å². The van der Waals surface area contributed by atoms with E-state index in [1.54, 1.807) is 24.3 Å². The van der Waals surface area contributed by atoms with E-state index in [2.05, 4.69) is 12.2 Å². The summed E-state index contributed by atoms with van der Waals surface area (Å²) >= 11 is 1.55. The van der Waals surface area contributed by atoms with Gasteiger partial charge in [-0.3, -0.25) is 4.79 Å². The van der Waals surface area contributed by atoms with Crippen molar-refractivity contribution in [1.29, 1.82) is 0 Å². The van der Waals surface area contributed by atoms with Gasteiger partial charge in [0.2, 0.25) is 0 Å². The van der Waals surface area contributed by atoms with Gasteiger partial charge >= 0.3 is 5.97 Å². The lowest BCUT2D eigenvalue weighted by Gasteiger charge is -2.21. The molecule has 2 atom stereocenters. The van der Waals surface area contributed by atoms with Crippen molar-refractivity contribution < 1.29 is 14.3 Å². The molecule has 1 aromatic carbocycles. The summed E-state index contributed by atoms with van der Waals surface area (Å²) in [6.07, 6.45) is 3.94. The van der Waals surface area contributed by atoms with Crippen LogP contribution >= 0.6 is 11.3 Å². The van der Waals surface area contributed by atoms with Crippen molar-refractivity contribution in [1.82, 2.24) is 5.32 Å². The van der Waals surface area contributed by atoms with Gasteiger partial charge in [0.25, 0.3) is 5.91 Å². The molecule has 132 valence electrons. The van der Waals surface area contributed by atoms with Crippen molar-refractivity contribution in [3.05, 3.63) is 64.4 Å². The Morgan fingerprint density at radius 2 is 2.00 bits per heavy atom. The van der Waals surface area contributed by atoms with Crippen molar-refractivity contribution in [2.24, 2.45) is 0 Å². The lowest BCUT2D eigenvalue weighted by Crippen LogP contribution is -2.38. The van der Waals surface area contributed by atoms with Crippen LogP contribution in [0.25, 0.3) is 6.08 Å². The van der Waals surface area contributed by atoms with Crippen LogP contribution in [-0.4, -0.2) is 18.0 Å². The van der Waals surface area contributed by atoms with Gasteiger partial charge in [-0.2, -0.15) is 11.3 Å². The summed E-state index contributed by atoms with van der Waals surface area (Å²) in [7, 11) is 0. The molecule has 0 aliphatic carbocycles. The highest BCUT2D eigenvalue weighted by Gasteiger charge is 2.20. The van der Waals surface area contributed by atoms with E-state index >= 15 is 0 Å². The van der Waals surface area contributed by atoms with E-state index in [-0.39, 0.29) is 11.9 Å². The fraction of sp³-hybridized carbons (Fsp3) is 0.300. The second kappa shape index (κ2) is 9.79. The minimum Gasteiger partial charge on any atom is -0.449 e. The third-order valence-electron chi connectivity index (χ3n) is 3.71. The number of thiophene rings is 1. The number of hydrogen-bond acceptors (Lipinski definition) is 4. The molecular weight excluding hydrogens is 334 g/mol. The van der Waals surface area contributed by atoms with Gasteiger partial charge in [0, 0.05) is 6.08 Å². The molecule has 1 amide bonds. The lowest BCUT2D eigenvalue weighted by molar-refractivity contribution is -0.150. The summed E-state index contributed by atoms with van der Waals surface area (Å²) in [5.41, 5.74) is 1.99. The SMILES string of the molecule is CCC[C@H](NC(=O)[C@H](C)OC(=O)/C=C/c1ccsc1)c1ccccc1. The molecule has 0 saturated carbocycles. The first-order valence-corrected chi connectivity index (χ1v) is 9.30. The van der Waals surface area contributed by atoms with Gasteiger partial charge in [0.1, 0.15) is 0 Å². The molecule has 0 aliphatic heterocycles. The summed E-state index contributed by atoms with van der Waals surface area (Å²) in [4.78, 5) is 24.2. The van der Waals surface area contributed by atoms with Gasteiger partial charge in [-0.1, -0.05) is 43.7 Å². The van der Waals surface area contributed by atoms with Crippen molar-refractivity contribution in [3.8, 4) is 0 Å². The molecule has 1 N–H and O–H groups in total. The summed E-state index contributed by atoms with van der Waals surface area (Å²) in [6, 6.07) is 11.6. The quantitative estimate of drug-likeness (QED) is 0.564. The van der Waals surface area contributed by atoms with E-state index < -0.39 is 12.1 Å². The largest absolute Gasteiger partial charge is 0.449 e. The van der Waals surface area contributed by atoms with E-state index in [1.807, 2.05) is 47.2 Å². The molecule has 0 saturated heterocycles. The normalized spacial score (nSPS) is 13.4. The molecule has 0 spiro atoms. The number of esters is 1. The van der Waals surface area contributed by atoms with Gasteiger partial charge in [-0.25, -0.2) is 4.79 Å². The minimum atomic E-state index is -0.845. The smallest absolute Gasteiger partial charge is 0.331 e. The second-order valence-electron chi connectivity index (χ2n) is 5.73. The molecule has 1 aromatic heterocycles. The number of rotatable bonds is 8. The lowest BCUT2D eigenvalue weighted by atomic mass is 10.0. The Bertz CT molecular complexity index is 695. The number of carbonyl (C=O) groups excluding carboxylic acids is 2. The number of ether oxygens (including phenoxy) is 1. The molecule has 2 aromatic rings. The molecule has 0 unspecified atom stereocenters. The standard InChI is InChI=1S/C20H23NO3S/c1-3-7-18(17-8-5-4-6-9-17)21-20(23)15(2)24-19(22)11-10-16-12-13-25-14-16/h4-6,8-15,18H,3,7H2,1-2H3,(H,21,23)/b11-10+/t15-,18-/m0/s1. The van der Waals surface area contributed by atoms with Crippen molar-refractivity contribution >= 4 is 29.3 Å². The second-order valence-corrected chi connectivity index (χ2v) is 6.51. The molecule has 5 heteroatoms. The van der Waals surface area contributed by atoms with Crippen LogP contribution in [0.5, 0.6) is 0 Å². The van der Waals surface area contributed by atoms with Crippen LogP contribution in [0.4, 0.5) is 0 Å². The van der Waals surface area contributed by atoms with E-state index in [0.717, 1.165) is 24.0 Å². The van der Waals surface area contributed by atoms with Gasteiger partial charge in [-0.15, -0.1) is 0 Å². The molecular formula is C20H23NO3S. The van der Waals surface area contributed by atoms with Crippen LogP contribution < -0.4 is 5.32 Å². The third-order valence-corrected chi connectivity index (χ3v) is 4.41. The van der Waals surface area contributed by atoms with E-state index in [1.165, 1.54) is 6.08 Å². The molecule has 0 radical (unpaired) electrons. The minimum absolute atomic E-state index is 0.0822. The van der Waals surface area contributed by atoms with E-state index in [9.17, 15) is 9.59 Å². The van der Waals surface area contributed by atoms with Crippen LogP contribution in [0.1, 0.15) is 43.9 Å². The van der Waals surface area contributed by atoms with Gasteiger partial charge in [-0.05, 0) is 47.4 Å². The highest BCUT2D eigenvalue weighted by atomic mass is 32.1. The number of amides is 1. The average molecular weight is 357 g/mol. The number of benzene rings is 1. The zero-order chi connectivity index (χ0) is 18.1. The monoisotopic (exact) mass is 357 g/mol. The maximum atomic E-state index is 12.4. The predicted molar refractivity (Wildman–Crippen MR) is 101 cm³/mol. The first kappa shape index (κ1) is 18.9. The summed E-state index contributed by atoms with van der Waals surface area (Å²) < 4.78 is 5.19. The molecule has 25 heavy (non-hydrogen) atoms. The highest BCUT2D eigenvalue weighted by molar-refractivity contribution is 7.08. The Labute approximate surface area is 152 Å². The van der Waals surface area contributed by atoms with E-state index in [0.29, 0.717) is 0 Å². The predicted octanol–water partition coefficient (Wildman–Crippen LogP) is 4.35. The maximum absolute atomic E-state index is 12.4. The molecule has 1 heterocycles. The first-order chi connectivity index (χ1) is 12.1. The van der Waals surface area contributed by atoms with Crippen LogP contribution in [0.3, 0.4) is 0 Å². The zero-order valence-corrected chi connectivity index (χ0v) is 15.3. The number of carbonyl (C=O) groups is 2. The zero-order valence-electron chi connectivity index (χ0n) is 14.5. The summed E-state index contributed by atoms with van der Waals surface area (Å²) in [5, 5.41) is 6.83. The first-order valence-electron chi connectivity index (χ1n) is 8.36. The Morgan fingerprint density at radius 1 is 1.24 bits per heavy atom. The fourth-order valence-corrected chi connectivity index (χ4v) is 3.01. The van der Waals surface area contributed by atoms with Crippen molar-refractivity contribution in [2.45, 2.75) is 38.8 Å². The molecule has 0 bridgehead atoms. The van der Waals surface area contributed by atoms with Crippen molar-refractivity contribution in [2.75, 3.05) is 0 Å². The maximum Gasteiger partial charge on any atom is 0.331 e. The van der Waals surface area contributed by atoms with Gasteiger partial charge in [0.15, 0.2) is 6.10 Å². The highest BCUT2D eigenvalue weighted by Crippen LogP contribution is 2.18. The van der Waals surface area contributed by atoms with Crippen LogP contribution in [0.2, 0.25) is 0 Å². The molecule has 0 aliphatic rings. The Balaban J connectivity index is 1.90. The summed E-state index contributed by atoms with van der Waals surface area (Å²) in [5.74, 6) is -0.819. The fourth-order valence-electron chi connectivity index (χ4n) is 2.39. The van der Waals surface area contributed by atoms with Crippen molar-refractivity contribution in [3.63, 3.8) is 0 Å². The number of hydrogen-bond donors (Lipinski definition) is 1. The topological polar surface area (TPSA) is 55.4 Å². The van der Waals surface area contributed by atoms with Gasteiger partial charge in [0.05, 0.1) is 6.04 Å². The Kier molecular flexibility index (Phi) is 7.41. The van der Waals surface area contributed by atoms with Crippen LogP contribution in [-0.2, 0) is 14.3 Å². The third kappa shape index (κ3) is 6.19.